The van der Waals surface area contributed by atoms with E-state index in [1.54, 1.807) is 6.07 Å². The van der Waals surface area contributed by atoms with Crippen molar-refractivity contribution < 1.29 is 23.4 Å². The summed E-state index contributed by atoms with van der Waals surface area (Å²) in [7, 11) is -3.54. The van der Waals surface area contributed by atoms with Gasteiger partial charge in [0, 0.05) is 35.4 Å². The number of aryl methyl sites for hydroxylation is 1. The molecule has 1 heterocycles. The monoisotopic (exact) mass is 469 g/mol. The summed E-state index contributed by atoms with van der Waals surface area (Å²) in [4.78, 5) is 3.43. The van der Waals surface area contributed by atoms with Crippen molar-refractivity contribution in [3.63, 3.8) is 0 Å². The highest BCUT2D eigenvalue weighted by atomic mass is 32.2. The van der Waals surface area contributed by atoms with E-state index in [0.29, 0.717) is 18.7 Å². The average molecular weight is 470 g/mol. The second kappa shape index (κ2) is 9.30. The van der Waals surface area contributed by atoms with Gasteiger partial charge >= 0.3 is 0 Å². The summed E-state index contributed by atoms with van der Waals surface area (Å²) >= 11 is 0. The summed E-state index contributed by atoms with van der Waals surface area (Å²) < 4.78 is 30.9. The molecule has 0 saturated carbocycles. The van der Waals surface area contributed by atoms with Gasteiger partial charge in [0.05, 0.1) is 23.6 Å². The number of aromatic amines is 1. The number of aliphatic hydroxyl groups excluding tert-OH is 1. The summed E-state index contributed by atoms with van der Waals surface area (Å²) in [5.41, 5.74) is 3.82. The topological polar surface area (TPSA) is 124 Å². The quantitative estimate of drug-likeness (QED) is 0.189. The van der Waals surface area contributed by atoms with E-state index in [0.717, 1.165) is 28.4 Å². The lowest BCUT2D eigenvalue weighted by molar-refractivity contribution is 0.172. The van der Waals surface area contributed by atoms with Crippen LogP contribution in [0, 0.1) is 6.92 Å². The Morgan fingerprint density at radius 3 is 2.52 bits per heavy atom. The van der Waals surface area contributed by atoms with Gasteiger partial charge in [-0.15, -0.1) is 0 Å². The first-order valence-corrected chi connectivity index (χ1v) is 12.4. The minimum atomic E-state index is -3.54. The summed E-state index contributed by atoms with van der Waals surface area (Å²) in [5, 5.41) is 25.7. The average Bonchev–Trinajstić information content (AvgIpc) is 3.10. The highest BCUT2D eigenvalue weighted by Crippen LogP contribution is 2.29. The largest absolute Gasteiger partial charge is 0.506 e. The number of anilines is 1. The number of H-pyrrole nitrogens is 1. The van der Waals surface area contributed by atoms with Crippen LogP contribution in [0.1, 0.15) is 17.2 Å². The van der Waals surface area contributed by atoms with Crippen LogP contribution in [0.4, 0.5) is 5.69 Å². The van der Waals surface area contributed by atoms with Crippen molar-refractivity contribution in [3.8, 4) is 11.5 Å². The van der Waals surface area contributed by atoms with Crippen LogP contribution in [0.2, 0.25) is 0 Å². The van der Waals surface area contributed by atoms with Crippen LogP contribution in [0.5, 0.6) is 11.5 Å². The van der Waals surface area contributed by atoms with Crippen LogP contribution in [-0.4, -0.2) is 49.6 Å². The first kappa shape index (κ1) is 22.9. The molecule has 0 fully saturated rings. The minimum Gasteiger partial charge on any atom is -0.506 e. The van der Waals surface area contributed by atoms with Gasteiger partial charge in [-0.25, -0.2) is 8.42 Å². The van der Waals surface area contributed by atoms with E-state index in [2.05, 4.69) is 40.1 Å². The summed E-state index contributed by atoms with van der Waals surface area (Å²) in [5.74, 6) is 0.544. The standard InChI is InChI=1S/C24H27N3O5S/c1-15-3-6-18-19-7-5-17(13-21(19)26-20(18)11-15)32-10-9-25-14-24(29)16-4-8-23(28)22(12-16)27-33(2,30)31/h3-8,11-13,24-29H,9-10,14H2,1-2H3/t24-/m0/s1. The Hall–Kier alpha value is -3.27. The fraction of sp³-hybridized carbons (Fsp3) is 0.250. The predicted octanol–water partition coefficient (Wildman–Crippen LogP) is 3.41. The Labute approximate surface area is 192 Å². The van der Waals surface area contributed by atoms with Gasteiger partial charge in [0.15, 0.2) is 0 Å². The molecule has 1 aromatic heterocycles. The molecule has 0 amide bonds. The van der Waals surface area contributed by atoms with E-state index in [1.807, 2.05) is 18.2 Å². The molecule has 1 atom stereocenters. The first-order valence-electron chi connectivity index (χ1n) is 10.5. The third kappa shape index (κ3) is 5.57. The van der Waals surface area contributed by atoms with Crippen molar-refractivity contribution in [2.75, 3.05) is 30.7 Å². The zero-order valence-corrected chi connectivity index (χ0v) is 19.2. The van der Waals surface area contributed by atoms with Gasteiger partial charge in [-0.2, -0.15) is 0 Å². The van der Waals surface area contributed by atoms with Gasteiger partial charge in [-0.3, -0.25) is 4.72 Å². The van der Waals surface area contributed by atoms with E-state index in [-0.39, 0.29) is 18.0 Å². The Morgan fingerprint density at radius 2 is 1.76 bits per heavy atom. The molecule has 0 saturated heterocycles. The number of aliphatic hydroxyl groups is 1. The van der Waals surface area contributed by atoms with Gasteiger partial charge in [0.2, 0.25) is 10.0 Å². The predicted molar refractivity (Wildman–Crippen MR) is 130 cm³/mol. The van der Waals surface area contributed by atoms with Gasteiger partial charge in [0.25, 0.3) is 0 Å². The molecular formula is C24H27N3O5S. The zero-order chi connectivity index (χ0) is 23.6. The number of fused-ring (bicyclic) bond motifs is 3. The number of phenolic OH excluding ortho intramolecular Hbond substituents is 1. The van der Waals surface area contributed by atoms with E-state index >= 15 is 0 Å². The highest BCUT2D eigenvalue weighted by molar-refractivity contribution is 7.92. The van der Waals surface area contributed by atoms with E-state index in [4.69, 9.17) is 4.74 Å². The van der Waals surface area contributed by atoms with Gasteiger partial charge < -0.3 is 25.3 Å². The smallest absolute Gasteiger partial charge is 0.229 e. The number of phenols is 1. The molecular weight excluding hydrogens is 442 g/mol. The molecule has 0 bridgehead atoms. The fourth-order valence-electron chi connectivity index (χ4n) is 3.73. The number of sulfonamides is 1. The maximum Gasteiger partial charge on any atom is 0.229 e. The summed E-state index contributed by atoms with van der Waals surface area (Å²) in [6.07, 6.45) is 0.116. The van der Waals surface area contributed by atoms with E-state index < -0.39 is 16.1 Å². The molecule has 0 radical (unpaired) electrons. The Morgan fingerprint density at radius 1 is 1.03 bits per heavy atom. The lowest BCUT2D eigenvalue weighted by Gasteiger charge is -2.15. The molecule has 0 aliphatic carbocycles. The Kier molecular flexibility index (Phi) is 6.46. The van der Waals surface area contributed by atoms with Crippen LogP contribution in [-0.2, 0) is 10.0 Å². The summed E-state index contributed by atoms with van der Waals surface area (Å²) in [6.45, 7) is 3.23. The van der Waals surface area contributed by atoms with Crippen LogP contribution < -0.4 is 14.8 Å². The van der Waals surface area contributed by atoms with E-state index in [1.165, 1.54) is 23.1 Å². The molecule has 5 N–H and O–H groups in total. The number of hydrogen-bond donors (Lipinski definition) is 5. The van der Waals surface area contributed by atoms with Crippen molar-refractivity contribution in [1.82, 2.24) is 10.3 Å². The minimum absolute atomic E-state index is 0.0277. The number of aromatic nitrogens is 1. The van der Waals surface area contributed by atoms with Gasteiger partial charge in [0.1, 0.15) is 18.1 Å². The van der Waals surface area contributed by atoms with Crippen molar-refractivity contribution in [1.29, 1.82) is 0 Å². The number of rotatable bonds is 9. The normalized spacial score (nSPS) is 12.8. The summed E-state index contributed by atoms with van der Waals surface area (Å²) in [6, 6.07) is 16.6. The molecule has 4 aromatic rings. The SMILES string of the molecule is Cc1ccc2c(c1)[nH]c1cc(OCCNC[C@H](O)c3ccc(O)c(NS(C)(=O)=O)c3)ccc12. The van der Waals surface area contributed by atoms with Gasteiger partial charge in [-0.1, -0.05) is 18.2 Å². The second-order valence-corrected chi connectivity index (χ2v) is 9.85. The van der Waals surface area contributed by atoms with Crippen molar-refractivity contribution in [2.24, 2.45) is 0 Å². The zero-order valence-electron chi connectivity index (χ0n) is 18.4. The van der Waals surface area contributed by atoms with E-state index in [9.17, 15) is 18.6 Å². The molecule has 3 aromatic carbocycles. The first-order chi connectivity index (χ1) is 15.7. The number of benzene rings is 3. The molecule has 0 aliphatic heterocycles. The van der Waals surface area contributed by atoms with Crippen LogP contribution in [0.3, 0.4) is 0 Å². The molecule has 33 heavy (non-hydrogen) atoms. The molecule has 9 heteroatoms. The number of nitrogens with one attached hydrogen (secondary N) is 3. The molecule has 4 rings (SSSR count). The van der Waals surface area contributed by atoms with Crippen LogP contribution in [0.15, 0.2) is 54.6 Å². The number of ether oxygens (including phenoxy) is 1. The Balaban J connectivity index is 1.30. The van der Waals surface area contributed by atoms with Crippen molar-refractivity contribution in [3.05, 3.63) is 65.7 Å². The molecule has 0 spiro atoms. The van der Waals surface area contributed by atoms with Crippen molar-refractivity contribution >= 4 is 37.5 Å². The third-order valence-corrected chi connectivity index (χ3v) is 5.90. The van der Waals surface area contributed by atoms with Gasteiger partial charge in [-0.05, 0) is 48.4 Å². The highest BCUT2D eigenvalue weighted by Gasteiger charge is 2.13. The molecule has 174 valence electrons. The lowest BCUT2D eigenvalue weighted by Crippen LogP contribution is -2.26. The molecule has 0 aliphatic rings. The lowest BCUT2D eigenvalue weighted by atomic mass is 10.1. The van der Waals surface area contributed by atoms with Crippen LogP contribution in [0.25, 0.3) is 21.8 Å². The van der Waals surface area contributed by atoms with Crippen LogP contribution >= 0.6 is 0 Å². The number of aromatic hydroxyl groups is 1. The maximum absolute atomic E-state index is 11.4. The fourth-order valence-corrected chi connectivity index (χ4v) is 4.30. The van der Waals surface area contributed by atoms with Crippen molar-refractivity contribution in [2.45, 2.75) is 13.0 Å². The maximum atomic E-state index is 11.4. The molecule has 0 unspecified atom stereocenters. The third-order valence-electron chi connectivity index (χ3n) is 5.31. The molecule has 8 nitrogen and oxygen atoms in total. The Bertz CT molecular complexity index is 1400. The number of hydrogen-bond acceptors (Lipinski definition) is 6. The second-order valence-electron chi connectivity index (χ2n) is 8.10.